The second-order valence-electron chi connectivity index (χ2n) is 2.63. The number of ether oxygens (including phenoxy) is 1. The molecular formula is C10H11ClO2. The molecule has 1 aromatic carbocycles. The van der Waals surface area contributed by atoms with Gasteiger partial charge in [0.25, 0.3) is 0 Å². The van der Waals surface area contributed by atoms with Crippen molar-refractivity contribution in [1.82, 2.24) is 0 Å². The number of Topliss-reactive ketones (excluding diaryl/α,β-unsaturated/α-hetero) is 1. The third-order valence-corrected chi connectivity index (χ3v) is 1.96. The molecule has 0 bridgehead atoms. The molecule has 1 rings (SSSR count). The summed E-state index contributed by atoms with van der Waals surface area (Å²) in [5, 5.41) is 0.468. The van der Waals surface area contributed by atoms with Crippen molar-refractivity contribution < 1.29 is 9.53 Å². The van der Waals surface area contributed by atoms with E-state index in [1.54, 1.807) is 18.2 Å². The van der Waals surface area contributed by atoms with Crippen LogP contribution in [0, 0.1) is 0 Å². The lowest BCUT2D eigenvalue weighted by Gasteiger charge is -2.05. The smallest absolute Gasteiger partial charge is 0.161 e. The van der Waals surface area contributed by atoms with Crippen LogP contribution in [0.1, 0.15) is 24.2 Å². The maximum absolute atomic E-state index is 11.1. The lowest BCUT2D eigenvalue weighted by atomic mass is 10.1. The highest BCUT2D eigenvalue weighted by Gasteiger charge is 2.06. The Labute approximate surface area is 82.5 Å². The Morgan fingerprint density at radius 3 is 2.77 bits per heavy atom. The van der Waals surface area contributed by atoms with Crippen LogP contribution in [0.15, 0.2) is 18.2 Å². The maximum atomic E-state index is 11.1. The molecule has 2 nitrogen and oxygen atoms in total. The molecule has 0 saturated heterocycles. The summed E-state index contributed by atoms with van der Waals surface area (Å²) >= 11 is 5.81. The number of benzene rings is 1. The topological polar surface area (TPSA) is 26.3 Å². The molecule has 0 aliphatic heterocycles. The minimum Gasteiger partial charge on any atom is -0.494 e. The Morgan fingerprint density at radius 1 is 1.54 bits per heavy atom. The fraction of sp³-hybridized carbons (Fsp3) is 0.300. The van der Waals surface area contributed by atoms with Gasteiger partial charge in [-0.3, -0.25) is 4.79 Å². The molecule has 0 aliphatic carbocycles. The van der Waals surface area contributed by atoms with E-state index in [-0.39, 0.29) is 5.78 Å². The van der Waals surface area contributed by atoms with Crippen LogP contribution >= 0.6 is 11.6 Å². The van der Waals surface area contributed by atoms with Crippen LogP contribution in [0.25, 0.3) is 0 Å². The molecule has 1 aromatic rings. The quantitative estimate of drug-likeness (QED) is 0.698. The average molecular weight is 199 g/mol. The highest BCUT2D eigenvalue weighted by atomic mass is 35.5. The van der Waals surface area contributed by atoms with Crippen LogP contribution in [0.3, 0.4) is 0 Å². The fourth-order valence-electron chi connectivity index (χ4n) is 1.03. The van der Waals surface area contributed by atoms with Crippen molar-refractivity contribution in [2.75, 3.05) is 6.61 Å². The van der Waals surface area contributed by atoms with E-state index in [4.69, 9.17) is 16.3 Å². The van der Waals surface area contributed by atoms with E-state index >= 15 is 0 Å². The van der Waals surface area contributed by atoms with Gasteiger partial charge in [-0.05, 0) is 32.0 Å². The van der Waals surface area contributed by atoms with Crippen LogP contribution in [0.5, 0.6) is 5.75 Å². The van der Waals surface area contributed by atoms with E-state index in [0.717, 1.165) is 0 Å². The van der Waals surface area contributed by atoms with Gasteiger partial charge in [0, 0.05) is 5.56 Å². The summed E-state index contributed by atoms with van der Waals surface area (Å²) < 4.78 is 5.24. The largest absolute Gasteiger partial charge is 0.494 e. The second kappa shape index (κ2) is 4.28. The Hall–Kier alpha value is -1.02. The normalized spacial score (nSPS) is 9.77. The zero-order valence-corrected chi connectivity index (χ0v) is 8.39. The van der Waals surface area contributed by atoms with Gasteiger partial charge in [0.2, 0.25) is 0 Å². The predicted octanol–water partition coefficient (Wildman–Crippen LogP) is 2.94. The molecular weight excluding hydrogens is 188 g/mol. The molecule has 0 N–H and O–H groups in total. The molecule has 0 radical (unpaired) electrons. The summed E-state index contributed by atoms with van der Waals surface area (Å²) in [7, 11) is 0. The van der Waals surface area contributed by atoms with E-state index in [1.807, 2.05) is 6.92 Å². The maximum Gasteiger partial charge on any atom is 0.161 e. The summed E-state index contributed by atoms with van der Waals surface area (Å²) in [5.41, 5.74) is 0.507. The van der Waals surface area contributed by atoms with Gasteiger partial charge < -0.3 is 4.74 Å². The molecule has 0 spiro atoms. The zero-order chi connectivity index (χ0) is 9.84. The predicted molar refractivity (Wildman–Crippen MR) is 52.6 cm³/mol. The van der Waals surface area contributed by atoms with Crippen LogP contribution in [-0.4, -0.2) is 12.4 Å². The van der Waals surface area contributed by atoms with Crippen LogP contribution < -0.4 is 4.74 Å². The van der Waals surface area contributed by atoms with Crippen molar-refractivity contribution >= 4 is 17.4 Å². The monoisotopic (exact) mass is 198 g/mol. The van der Waals surface area contributed by atoms with Crippen molar-refractivity contribution in [3.05, 3.63) is 28.8 Å². The molecule has 0 saturated carbocycles. The Morgan fingerprint density at radius 2 is 2.23 bits per heavy atom. The van der Waals surface area contributed by atoms with Gasteiger partial charge in [0.05, 0.1) is 11.6 Å². The minimum absolute atomic E-state index is 0.0495. The summed E-state index contributed by atoms with van der Waals surface area (Å²) in [6.45, 7) is 3.96. The number of ketones is 1. The second-order valence-corrected chi connectivity index (χ2v) is 3.04. The van der Waals surface area contributed by atoms with Gasteiger partial charge >= 0.3 is 0 Å². The number of carbonyl (C=O) groups excluding carboxylic acids is 1. The number of hydrogen-bond donors (Lipinski definition) is 0. The van der Waals surface area contributed by atoms with E-state index in [0.29, 0.717) is 22.9 Å². The van der Waals surface area contributed by atoms with Gasteiger partial charge in [-0.25, -0.2) is 0 Å². The van der Waals surface area contributed by atoms with Crippen molar-refractivity contribution in [3.8, 4) is 5.75 Å². The summed E-state index contributed by atoms with van der Waals surface area (Å²) in [6.07, 6.45) is 0. The molecule has 0 aromatic heterocycles. The molecule has 0 heterocycles. The Balaban J connectivity index is 3.04. The summed E-state index contributed by atoms with van der Waals surface area (Å²) in [5.74, 6) is 0.628. The van der Waals surface area contributed by atoms with E-state index in [2.05, 4.69) is 0 Å². The molecule has 0 aliphatic rings. The van der Waals surface area contributed by atoms with Crippen molar-refractivity contribution in [2.24, 2.45) is 0 Å². The van der Waals surface area contributed by atoms with E-state index in [9.17, 15) is 4.79 Å². The first-order valence-electron chi connectivity index (χ1n) is 4.08. The Kier molecular flexibility index (Phi) is 3.32. The molecule has 0 atom stereocenters. The molecule has 0 fully saturated rings. The van der Waals surface area contributed by atoms with Crippen molar-refractivity contribution in [1.29, 1.82) is 0 Å². The van der Waals surface area contributed by atoms with Gasteiger partial charge in [-0.15, -0.1) is 0 Å². The number of carbonyl (C=O) groups is 1. The van der Waals surface area contributed by atoms with Crippen LogP contribution in [0.4, 0.5) is 0 Å². The third-order valence-electron chi connectivity index (χ3n) is 1.63. The first-order valence-corrected chi connectivity index (χ1v) is 4.46. The highest BCUT2D eigenvalue weighted by molar-refractivity contribution is 6.33. The fourth-order valence-corrected chi connectivity index (χ4v) is 1.28. The minimum atomic E-state index is -0.0495. The summed E-state index contributed by atoms with van der Waals surface area (Å²) in [4.78, 5) is 11.1. The van der Waals surface area contributed by atoms with Gasteiger partial charge in [0.15, 0.2) is 5.78 Å². The van der Waals surface area contributed by atoms with Crippen LogP contribution in [0.2, 0.25) is 5.02 Å². The lowest BCUT2D eigenvalue weighted by molar-refractivity contribution is 0.101. The van der Waals surface area contributed by atoms with Crippen molar-refractivity contribution in [3.63, 3.8) is 0 Å². The first-order chi connectivity index (χ1) is 6.15. The van der Waals surface area contributed by atoms with Gasteiger partial charge in [-0.1, -0.05) is 11.6 Å². The lowest BCUT2D eigenvalue weighted by Crippen LogP contribution is -1.96. The van der Waals surface area contributed by atoms with Crippen molar-refractivity contribution in [2.45, 2.75) is 13.8 Å². The molecule has 70 valence electrons. The molecule has 0 amide bonds. The van der Waals surface area contributed by atoms with Gasteiger partial charge in [0.1, 0.15) is 5.75 Å². The Bertz CT molecular complexity index is 321. The van der Waals surface area contributed by atoms with Gasteiger partial charge in [-0.2, -0.15) is 0 Å². The van der Waals surface area contributed by atoms with Crippen LogP contribution in [-0.2, 0) is 0 Å². The standard InChI is InChI=1S/C10H11ClO2/c1-3-13-8-4-5-10(11)9(6-8)7(2)12/h4-6H,3H2,1-2H3. The number of hydrogen-bond acceptors (Lipinski definition) is 2. The molecule has 13 heavy (non-hydrogen) atoms. The zero-order valence-electron chi connectivity index (χ0n) is 7.63. The summed E-state index contributed by atoms with van der Waals surface area (Å²) in [6, 6.07) is 5.08. The molecule has 3 heteroatoms. The first kappa shape index (κ1) is 10.1. The SMILES string of the molecule is CCOc1ccc(Cl)c(C(C)=O)c1. The van der Waals surface area contributed by atoms with E-state index < -0.39 is 0 Å². The average Bonchev–Trinajstić information content (AvgIpc) is 2.08. The molecule has 0 unspecified atom stereocenters. The number of rotatable bonds is 3. The highest BCUT2D eigenvalue weighted by Crippen LogP contribution is 2.22. The third kappa shape index (κ3) is 2.46. The number of halogens is 1. The van der Waals surface area contributed by atoms with E-state index in [1.165, 1.54) is 6.92 Å².